The van der Waals surface area contributed by atoms with Gasteiger partial charge in [0.2, 0.25) is 0 Å². The number of hydrogen-bond acceptors (Lipinski definition) is 2. The number of aromatic amines is 1. The minimum atomic E-state index is -0.871. The summed E-state index contributed by atoms with van der Waals surface area (Å²) in [7, 11) is 0. The lowest BCUT2D eigenvalue weighted by Gasteiger charge is -2.07. The number of nitrogens with one attached hydrogen (secondary N) is 2. The van der Waals surface area contributed by atoms with Crippen LogP contribution in [0.4, 0.5) is 8.78 Å². The highest BCUT2D eigenvalue weighted by molar-refractivity contribution is 5.94. The van der Waals surface area contributed by atoms with Crippen LogP contribution in [0.2, 0.25) is 0 Å². The van der Waals surface area contributed by atoms with Crippen molar-refractivity contribution in [2.24, 2.45) is 0 Å². The van der Waals surface area contributed by atoms with Gasteiger partial charge >= 0.3 is 0 Å². The smallest absolute Gasteiger partial charge is 0.254 e. The second kappa shape index (κ2) is 5.17. The maximum absolute atomic E-state index is 13.5. The van der Waals surface area contributed by atoms with E-state index >= 15 is 0 Å². The Morgan fingerprint density at radius 2 is 2.05 bits per heavy atom. The SMILES string of the molecule is Cc1cc(C(=O)NCc2cn[nH]c2C)c(F)cc1F. The van der Waals surface area contributed by atoms with E-state index in [9.17, 15) is 13.6 Å². The largest absolute Gasteiger partial charge is 0.348 e. The van der Waals surface area contributed by atoms with Crippen LogP contribution in [0.25, 0.3) is 0 Å². The van der Waals surface area contributed by atoms with Gasteiger partial charge in [-0.3, -0.25) is 9.89 Å². The van der Waals surface area contributed by atoms with Crippen LogP contribution < -0.4 is 5.32 Å². The number of hydrogen-bond donors (Lipinski definition) is 2. The second-order valence-electron chi connectivity index (χ2n) is 4.28. The number of rotatable bonds is 3. The molecule has 1 aromatic heterocycles. The van der Waals surface area contributed by atoms with E-state index in [0.717, 1.165) is 11.3 Å². The van der Waals surface area contributed by atoms with E-state index in [2.05, 4.69) is 15.5 Å². The molecular weight excluding hydrogens is 252 g/mol. The third-order valence-electron chi connectivity index (χ3n) is 2.87. The maximum Gasteiger partial charge on any atom is 0.254 e. The van der Waals surface area contributed by atoms with Crippen LogP contribution in [0.5, 0.6) is 0 Å². The molecule has 1 aromatic carbocycles. The first-order valence-electron chi connectivity index (χ1n) is 5.71. The van der Waals surface area contributed by atoms with Crippen molar-refractivity contribution < 1.29 is 13.6 Å². The lowest BCUT2D eigenvalue weighted by Crippen LogP contribution is -2.24. The van der Waals surface area contributed by atoms with Crippen molar-refractivity contribution in [2.75, 3.05) is 0 Å². The first kappa shape index (κ1) is 13.2. The van der Waals surface area contributed by atoms with Gasteiger partial charge in [-0.05, 0) is 25.5 Å². The fraction of sp³-hybridized carbons (Fsp3) is 0.231. The van der Waals surface area contributed by atoms with Gasteiger partial charge in [-0.25, -0.2) is 8.78 Å². The molecule has 0 unspecified atom stereocenters. The molecule has 19 heavy (non-hydrogen) atoms. The summed E-state index contributed by atoms with van der Waals surface area (Å²) in [6.07, 6.45) is 1.59. The number of amides is 1. The Morgan fingerprint density at radius 3 is 2.68 bits per heavy atom. The number of aromatic nitrogens is 2. The Hall–Kier alpha value is -2.24. The Balaban J connectivity index is 2.12. The summed E-state index contributed by atoms with van der Waals surface area (Å²) in [5, 5.41) is 9.12. The highest BCUT2D eigenvalue weighted by atomic mass is 19.1. The van der Waals surface area contributed by atoms with E-state index in [4.69, 9.17) is 0 Å². The van der Waals surface area contributed by atoms with Gasteiger partial charge in [0, 0.05) is 23.9 Å². The number of carbonyl (C=O) groups excluding carboxylic acids is 1. The molecule has 1 heterocycles. The summed E-state index contributed by atoms with van der Waals surface area (Å²) in [4.78, 5) is 11.8. The molecule has 0 fully saturated rings. The molecule has 1 amide bonds. The van der Waals surface area contributed by atoms with Crippen molar-refractivity contribution in [2.45, 2.75) is 20.4 Å². The zero-order valence-electron chi connectivity index (χ0n) is 10.6. The van der Waals surface area contributed by atoms with Crippen LogP contribution in [0.3, 0.4) is 0 Å². The Labute approximate surface area is 108 Å². The molecule has 0 spiro atoms. The van der Waals surface area contributed by atoms with Crippen molar-refractivity contribution in [3.05, 3.63) is 52.3 Å². The zero-order valence-corrected chi connectivity index (χ0v) is 10.6. The van der Waals surface area contributed by atoms with Crippen molar-refractivity contribution in [1.82, 2.24) is 15.5 Å². The van der Waals surface area contributed by atoms with E-state index in [1.54, 1.807) is 6.20 Å². The molecule has 0 saturated carbocycles. The van der Waals surface area contributed by atoms with E-state index < -0.39 is 17.5 Å². The second-order valence-corrected chi connectivity index (χ2v) is 4.28. The topological polar surface area (TPSA) is 57.8 Å². The molecule has 6 heteroatoms. The summed E-state index contributed by atoms with van der Waals surface area (Å²) in [5.41, 5.74) is 1.70. The van der Waals surface area contributed by atoms with Gasteiger partial charge in [0.05, 0.1) is 11.8 Å². The van der Waals surface area contributed by atoms with Crippen molar-refractivity contribution >= 4 is 5.91 Å². The monoisotopic (exact) mass is 265 g/mol. The van der Waals surface area contributed by atoms with Crippen LogP contribution in [-0.2, 0) is 6.54 Å². The minimum absolute atomic E-state index is 0.167. The van der Waals surface area contributed by atoms with E-state index in [-0.39, 0.29) is 17.7 Å². The number of nitrogens with zero attached hydrogens (tertiary/aromatic N) is 1. The lowest BCUT2D eigenvalue weighted by molar-refractivity contribution is 0.0946. The molecule has 2 rings (SSSR count). The Bertz CT molecular complexity index is 622. The average molecular weight is 265 g/mol. The minimum Gasteiger partial charge on any atom is -0.348 e. The number of H-pyrrole nitrogens is 1. The Morgan fingerprint density at radius 1 is 1.32 bits per heavy atom. The van der Waals surface area contributed by atoms with Gasteiger partial charge in [0.15, 0.2) is 0 Å². The molecule has 100 valence electrons. The number of benzene rings is 1. The summed E-state index contributed by atoms with van der Waals surface area (Å²) in [6.45, 7) is 3.53. The highest BCUT2D eigenvalue weighted by Crippen LogP contribution is 2.14. The quantitative estimate of drug-likeness (QED) is 0.894. The van der Waals surface area contributed by atoms with Crippen molar-refractivity contribution in [1.29, 1.82) is 0 Å². The third kappa shape index (κ3) is 2.78. The van der Waals surface area contributed by atoms with Crippen molar-refractivity contribution in [3.63, 3.8) is 0 Å². The van der Waals surface area contributed by atoms with E-state index in [1.807, 2.05) is 6.92 Å². The number of aryl methyl sites for hydroxylation is 2. The van der Waals surface area contributed by atoms with Gasteiger partial charge in [-0.15, -0.1) is 0 Å². The third-order valence-corrected chi connectivity index (χ3v) is 2.87. The first-order chi connectivity index (χ1) is 8.99. The number of halogens is 2. The Kier molecular flexibility index (Phi) is 3.59. The standard InChI is InChI=1S/C13H13F2N3O/c1-7-3-10(12(15)4-11(7)14)13(19)16-5-9-6-17-18-8(9)2/h3-4,6H,5H2,1-2H3,(H,16,19)(H,17,18). The van der Waals surface area contributed by atoms with Crippen LogP contribution in [0, 0.1) is 25.5 Å². The molecule has 0 aliphatic heterocycles. The van der Waals surface area contributed by atoms with Gasteiger partial charge in [-0.2, -0.15) is 5.10 Å². The zero-order chi connectivity index (χ0) is 14.0. The summed E-state index contributed by atoms with van der Waals surface area (Å²) >= 11 is 0. The first-order valence-corrected chi connectivity index (χ1v) is 5.71. The van der Waals surface area contributed by atoms with Crippen LogP contribution in [-0.4, -0.2) is 16.1 Å². The molecule has 0 aliphatic rings. The predicted octanol–water partition coefficient (Wildman–Crippen LogP) is 2.23. The highest BCUT2D eigenvalue weighted by Gasteiger charge is 2.14. The van der Waals surface area contributed by atoms with E-state index in [1.165, 1.54) is 13.0 Å². The van der Waals surface area contributed by atoms with Crippen LogP contribution in [0.1, 0.15) is 27.2 Å². The molecule has 0 radical (unpaired) electrons. The molecule has 2 N–H and O–H groups in total. The van der Waals surface area contributed by atoms with Gasteiger partial charge < -0.3 is 5.32 Å². The van der Waals surface area contributed by atoms with Gasteiger partial charge in [0.1, 0.15) is 11.6 Å². The fourth-order valence-corrected chi connectivity index (χ4v) is 1.66. The molecule has 0 saturated heterocycles. The molecule has 0 bridgehead atoms. The fourth-order valence-electron chi connectivity index (χ4n) is 1.66. The van der Waals surface area contributed by atoms with Crippen LogP contribution >= 0.6 is 0 Å². The van der Waals surface area contributed by atoms with E-state index in [0.29, 0.717) is 6.07 Å². The number of carbonyl (C=O) groups is 1. The molecule has 2 aromatic rings. The average Bonchev–Trinajstić information content (AvgIpc) is 2.76. The lowest BCUT2D eigenvalue weighted by atomic mass is 10.1. The summed E-state index contributed by atoms with van der Waals surface area (Å²) in [5.74, 6) is -2.12. The van der Waals surface area contributed by atoms with Crippen LogP contribution in [0.15, 0.2) is 18.3 Å². The molecule has 0 aliphatic carbocycles. The van der Waals surface area contributed by atoms with Gasteiger partial charge in [0.25, 0.3) is 5.91 Å². The maximum atomic E-state index is 13.5. The molecular formula is C13H13F2N3O. The molecule has 0 atom stereocenters. The summed E-state index contributed by atoms with van der Waals surface area (Å²) in [6, 6.07) is 1.91. The van der Waals surface area contributed by atoms with Crippen molar-refractivity contribution in [3.8, 4) is 0 Å². The molecule has 4 nitrogen and oxygen atoms in total. The predicted molar refractivity (Wildman–Crippen MR) is 65.6 cm³/mol. The summed E-state index contributed by atoms with van der Waals surface area (Å²) < 4.78 is 26.6. The normalized spacial score (nSPS) is 10.5. The van der Waals surface area contributed by atoms with Gasteiger partial charge in [-0.1, -0.05) is 0 Å².